The standard InChI is InChI=1S/C14H20O3/c1-10-9-11(14(2,3)4)5-6-12(10)13(16)17-8-7-15/h5-6,9,15H,7-8H2,1-4H3. The maximum atomic E-state index is 11.7. The predicted octanol–water partition coefficient (Wildman–Crippen LogP) is 2.44. The number of benzene rings is 1. The minimum Gasteiger partial charge on any atom is -0.460 e. The van der Waals surface area contributed by atoms with Crippen LogP contribution in [0.3, 0.4) is 0 Å². The second-order valence-corrected chi connectivity index (χ2v) is 5.14. The molecule has 1 rings (SSSR count). The van der Waals surface area contributed by atoms with Gasteiger partial charge in [0, 0.05) is 0 Å². The lowest BCUT2D eigenvalue weighted by molar-refractivity contribution is 0.0433. The van der Waals surface area contributed by atoms with Gasteiger partial charge < -0.3 is 9.84 Å². The lowest BCUT2D eigenvalue weighted by atomic mass is 9.85. The molecule has 17 heavy (non-hydrogen) atoms. The van der Waals surface area contributed by atoms with E-state index in [0.29, 0.717) is 5.56 Å². The first-order valence-corrected chi connectivity index (χ1v) is 5.75. The van der Waals surface area contributed by atoms with Gasteiger partial charge >= 0.3 is 5.97 Å². The molecule has 0 spiro atoms. The minimum atomic E-state index is -0.378. The lowest BCUT2D eigenvalue weighted by Crippen LogP contribution is -2.14. The van der Waals surface area contributed by atoms with Crippen molar-refractivity contribution in [3.8, 4) is 0 Å². The molecule has 0 aromatic heterocycles. The van der Waals surface area contributed by atoms with Crippen molar-refractivity contribution in [3.05, 3.63) is 34.9 Å². The minimum absolute atomic E-state index is 0.0410. The van der Waals surface area contributed by atoms with Gasteiger partial charge in [-0.25, -0.2) is 4.79 Å². The van der Waals surface area contributed by atoms with Gasteiger partial charge in [-0.2, -0.15) is 0 Å². The third-order valence-corrected chi connectivity index (χ3v) is 2.64. The van der Waals surface area contributed by atoms with Crippen molar-refractivity contribution in [2.45, 2.75) is 33.1 Å². The molecule has 0 amide bonds. The van der Waals surface area contributed by atoms with E-state index in [9.17, 15) is 4.79 Å². The summed E-state index contributed by atoms with van der Waals surface area (Å²) in [4.78, 5) is 11.7. The number of aryl methyl sites for hydroxylation is 1. The highest BCUT2D eigenvalue weighted by Crippen LogP contribution is 2.24. The van der Waals surface area contributed by atoms with Gasteiger partial charge in [0.15, 0.2) is 0 Å². The fourth-order valence-corrected chi connectivity index (χ4v) is 1.58. The van der Waals surface area contributed by atoms with Crippen LogP contribution in [0.25, 0.3) is 0 Å². The number of carbonyl (C=O) groups is 1. The number of aliphatic hydroxyl groups is 1. The van der Waals surface area contributed by atoms with Gasteiger partial charge in [0.2, 0.25) is 0 Å². The Balaban J connectivity index is 2.94. The Hall–Kier alpha value is -1.35. The number of ether oxygens (including phenoxy) is 1. The van der Waals surface area contributed by atoms with Gasteiger partial charge in [0.05, 0.1) is 12.2 Å². The molecule has 0 aliphatic rings. The van der Waals surface area contributed by atoms with Crippen molar-refractivity contribution in [1.29, 1.82) is 0 Å². The average Bonchev–Trinajstić information content (AvgIpc) is 2.24. The quantitative estimate of drug-likeness (QED) is 0.820. The van der Waals surface area contributed by atoms with Crippen LogP contribution < -0.4 is 0 Å². The van der Waals surface area contributed by atoms with Crippen LogP contribution in [0.2, 0.25) is 0 Å². The predicted molar refractivity (Wildman–Crippen MR) is 67.2 cm³/mol. The molecule has 0 fully saturated rings. The zero-order chi connectivity index (χ0) is 13.1. The van der Waals surface area contributed by atoms with Crippen LogP contribution in [0.5, 0.6) is 0 Å². The van der Waals surface area contributed by atoms with Crippen LogP contribution in [-0.4, -0.2) is 24.3 Å². The largest absolute Gasteiger partial charge is 0.460 e. The molecular weight excluding hydrogens is 216 g/mol. The fourth-order valence-electron chi connectivity index (χ4n) is 1.58. The van der Waals surface area contributed by atoms with Crippen molar-refractivity contribution >= 4 is 5.97 Å². The van der Waals surface area contributed by atoms with Gasteiger partial charge in [0.1, 0.15) is 6.61 Å². The van der Waals surface area contributed by atoms with Crippen LogP contribution >= 0.6 is 0 Å². The second-order valence-electron chi connectivity index (χ2n) is 5.14. The second kappa shape index (κ2) is 5.32. The first-order valence-electron chi connectivity index (χ1n) is 5.75. The van der Waals surface area contributed by atoms with Crippen molar-refractivity contribution in [1.82, 2.24) is 0 Å². The van der Waals surface area contributed by atoms with Crippen LogP contribution in [0, 0.1) is 6.92 Å². The zero-order valence-electron chi connectivity index (χ0n) is 10.9. The Labute approximate surface area is 102 Å². The van der Waals surface area contributed by atoms with Gasteiger partial charge in [-0.15, -0.1) is 0 Å². The smallest absolute Gasteiger partial charge is 0.338 e. The molecule has 1 aromatic carbocycles. The summed E-state index contributed by atoms with van der Waals surface area (Å²) in [5, 5.41) is 8.60. The van der Waals surface area contributed by atoms with Gasteiger partial charge in [0.25, 0.3) is 0 Å². The number of hydrogen-bond acceptors (Lipinski definition) is 3. The highest BCUT2D eigenvalue weighted by atomic mass is 16.5. The normalized spacial score (nSPS) is 11.4. The van der Waals surface area contributed by atoms with E-state index in [1.165, 1.54) is 5.56 Å². The topological polar surface area (TPSA) is 46.5 Å². The Bertz CT molecular complexity index is 402. The van der Waals surface area contributed by atoms with Gasteiger partial charge in [-0.05, 0) is 29.5 Å². The molecule has 0 unspecified atom stereocenters. The van der Waals surface area contributed by atoms with E-state index in [-0.39, 0.29) is 24.6 Å². The summed E-state index contributed by atoms with van der Waals surface area (Å²) in [7, 11) is 0. The number of rotatable bonds is 3. The number of aliphatic hydroxyl groups excluding tert-OH is 1. The first-order chi connectivity index (χ1) is 7.86. The molecule has 0 heterocycles. The summed E-state index contributed by atoms with van der Waals surface area (Å²) < 4.78 is 4.89. The Morgan fingerprint density at radius 2 is 2.00 bits per heavy atom. The highest BCUT2D eigenvalue weighted by molar-refractivity contribution is 5.91. The molecule has 3 nitrogen and oxygen atoms in total. The molecule has 0 saturated carbocycles. The van der Waals surface area contributed by atoms with Gasteiger partial charge in [-0.3, -0.25) is 0 Å². The molecule has 0 aliphatic heterocycles. The zero-order valence-corrected chi connectivity index (χ0v) is 10.9. The Kier molecular flexibility index (Phi) is 4.29. The number of hydrogen-bond donors (Lipinski definition) is 1. The van der Waals surface area contributed by atoms with Crippen molar-refractivity contribution in [2.75, 3.05) is 13.2 Å². The Morgan fingerprint density at radius 3 is 2.47 bits per heavy atom. The summed E-state index contributed by atoms with van der Waals surface area (Å²) in [5.74, 6) is -0.378. The molecule has 0 atom stereocenters. The maximum Gasteiger partial charge on any atom is 0.338 e. The molecule has 0 radical (unpaired) electrons. The first kappa shape index (κ1) is 13.7. The number of esters is 1. The van der Waals surface area contributed by atoms with Crippen LogP contribution in [0.1, 0.15) is 42.3 Å². The van der Waals surface area contributed by atoms with Crippen LogP contribution in [-0.2, 0) is 10.2 Å². The lowest BCUT2D eigenvalue weighted by Gasteiger charge is -2.20. The maximum absolute atomic E-state index is 11.7. The van der Waals surface area contributed by atoms with E-state index in [2.05, 4.69) is 20.8 Å². The van der Waals surface area contributed by atoms with E-state index < -0.39 is 0 Å². The summed E-state index contributed by atoms with van der Waals surface area (Å²) >= 11 is 0. The monoisotopic (exact) mass is 236 g/mol. The summed E-state index contributed by atoms with van der Waals surface area (Å²) in [6.45, 7) is 8.18. The van der Waals surface area contributed by atoms with Crippen LogP contribution in [0.4, 0.5) is 0 Å². The molecule has 0 saturated heterocycles. The summed E-state index contributed by atoms with van der Waals surface area (Å²) in [6.07, 6.45) is 0. The summed E-state index contributed by atoms with van der Waals surface area (Å²) in [5.41, 5.74) is 2.72. The Morgan fingerprint density at radius 1 is 1.35 bits per heavy atom. The van der Waals surface area contributed by atoms with Gasteiger partial charge in [-0.1, -0.05) is 32.9 Å². The van der Waals surface area contributed by atoms with E-state index in [1.54, 1.807) is 6.07 Å². The number of carbonyl (C=O) groups excluding carboxylic acids is 1. The van der Waals surface area contributed by atoms with E-state index in [0.717, 1.165) is 5.56 Å². The fraction of sp³-hybridized carbons (Fsp3) is 0.500. The van der Waals surface area contributed by atoms with E-state index in [1.807, 2.05) is 19.1 Å². The molecule has 1 N–H and O–H groups in total. The molecule has 0 aliphatic carbocycles. The van der Waals surface area contributed by atoms with Crippen molar-refractivity contribution < 1.29 is 14.6 Å². The SMILES string of the molecule is Cc1cc(C(C)(C)C)ccc1C(=O)OCCO. The van der Waals surface area contributed by atoms with E-state index in [4.69, 9.17) is 9.84 Å². The third kappa shape index (κ3) is 3.56. The molecule has 94 valence electrons. The highest BCUT2D eigenvalue weighted by Gasteiger charge is 2.17. The molecular formula is C14H20O3. The van der Waals surface area contributed by atoms with Crippen molar-refractivity contribution in [2.24, 2.45) is 0 Å². The third-order valence-electron chi connectivity index (χ3n) is 2.64. The summed E-state index contributed by atoms with van der Waals surface area (Å²) in [6, 6.07) is 5.74. The van der Waals surface area contributed by atoms with E-state index >= 15 is 0 Å². The van der Waals surface area contributed by atoms with Crippen LogP contribution in [0.15, 0.2) is 18.2 Å². The molecule has 1 aromatic rings. The molecule has 0 bridgehead atoms. The average molecular weight is 236 g/mol. The molecule has 3 heteroatoms. The van der Waals surface area contributed by atoms with Crippen molar-refractivity contribution in [3.63, 3.8) is 0 Å².